The van der Waals surface area contributed by atoms with Crippen LogP contribution in [0, 0.1) is 0 Å². The van der Waals surface area contributed by atoms with Gasteiger partial charge in [-0.05, 0) is 62.4 Å². The van der Waals surface area contributed by atoms with Crippen molar-refractivity contribution in [3.63, 3.8) is 0 Å². The number of nitrogens with zero attached hydrogens (tertiary/aromatic N) is 4. The average Bonchev–Trinajstić information content (AvgIpc) is 2.87. The second-order valence-corrected chi connectivity index (χ2v) is 7.34. The zero-order chi connectivity index (χ0) is 22.2. The fourth-order valence-corrected chi connectivity index (χ4v) is 3.25. The molecule has 32 heavy (non-hydrogen) atoms. The molecule has 0 saturated carbocycles. The summed E-state index contributed by atoms with van der Waals surface area (Å²) in [6, 6.07) is 40.6. The zero-order valence-corrected chi connectivity index (χ0v) is 18.3. The topological polar surface area (TPSA) is 31.2 Å². The lowest BCUT2D eigenvalue weighted by Gasteiger charge is -2.22. The molecule has 0 spiro atoms. The van der Waals surface area contributed by atoms with Crippen molar-refractivity contribution in [3.8, 4) is 0 Å². The van der Waals surface area contributed by atoms with Crippen molar-refractivity contribution in [2.75, 3.05) is 10.0 Å². The van der Waals surface area contributed by atoms with Crippen molar-refractivity contribution >= 4 is 34.2 Å². The molecule has 0 aliphatic rings. The number of anilines is 4. The highest BCUT2D eigenvalue weighted by Gasteiger charge is 2.12. The van der Waals surface area contributed by atoms with Crippen LogP contribution in [0.15, 0.2) is 132 Å². The van der Waals surface area contributed by atoms with Gasteiger partial charge in [0.1, 0.15) is 0 Å². The highest BCUT2D eigenvalue weighted by molar-refractivity contribution is 6.41. The van der Waals surface area contributed by atoms with E-state index in [1.807, 2.05) is 96.7 Å². The molecule has 4 nitrogen and oxygen atoms in total. The molecule has 4 aromatic rings. The van der Waals surface area contributed by atoms with E-state index in [0.717, 1.165) is 34.2 Å². The highest BCUT2D eigenvalue weighted by Crippen LogP contribution is 2.27. The Balaban J connectivity index is 1.73. The number of para-hydroxylation sites is 4. The lowest BCUT2D eigenvalue weighted by Crippen LogP contribution is -2.19. The molecule has 4 heteroatoms. The third-order valence-electron chi connectivity index (χ3n) is 5.03. The Hall–Kier alpha value is -4.18. The van der Waals surface area contributed by atoms with E-state index in [0.29, 0.717) is 0 Å². The summed E-state index contributed by atoms with van der Waals surface area (Å²) < 4.78 is 0. The van der Waals surface area contributed by atoms with Crippen LogP contribution < -0.4 is 10.0 Å². The van der Waals surface area contributed by atoms with Gasteiger partial charge >= 0.3 is 0 Å². The van der Waals surface area contributed by atoms with Crippen LogP contribution in [0.5, 0.6) is 0 Å². The Kier molecular flexibility index (Phi) is 6.73. The van der Waals surface area contributed by atoms with E-state index in [9.17, 15) is 0 Å². The van der Waals surface area contributed by atoms with Crippen LogP contribution in [0.1, 0.15) is 13.8 Å². The van der Waals surface area contributed by atoms with E-state index >= 15 is 0 Å². The summed E-state index contributed by atoms with van der Waals surface area (Å²) in [6.07, 6.45) is 0. The third kappa shape index (κ3) is 5.10. The van der Waals surface area contributed by atoms with Crippen molar-refractivity contribution in [1.29, 1.82) is 0 Å². The molecular weight excluding hydrogens is 392 g/mol. The number of hydrogen-bond donors (Lipinski definition) is 0. The van der Waals surface area contributed by atoms with E-state index in [-0.39, 0.29) is 0 Å². The lowest BCUT2D eigenvalue weighted by molar-refractivity contribution is 1.07. The Morgan fingerprint density at radius 3 is 0.844 bits per heavy atom. The van der Waals surface area contributed by atoms with Gasteiger partial charge in [0.2, 0.25) is 0 Å². The minimum absolute atomic E-state index is 0.828. The highest BCUT2D eigenvalue weighted by atomic mass is 15.5. The Labute approximate surface area is 189 Å². The van der Waals surface area contributed by atoms with Gasteiger partial charge in [-0.15, -0.1) is 0 Å². The molecule has 4 rings (SSSR count). The lowest BCUT2D eigenvalue weighted by atomic mass is 10.2. The molecule has 0 N–H and O–H groups in total. The van der Waals surface area contributed by atoms with Crippen molar-refractivity contribution in [2.24, 2.45) is 10.2 Å². The Morgan fingerprint density at radius 1 is 0.406 bits per heavy atom. The summed E-state index contributed by atoms with van der Waals surface area (Å²) in [4.78, 5) is 0. The van der Waals surface area contributed by atoms with Gasteiger partial charge in [0.15, 0.2) is 0 Å². The molecule has 0 aromatic heterocycles. The maximum Gasteiger partial charge on any atom is 0.0812 e. The number of rotatable bonds is 7. The third-order valence-corrected chi connectivity index (χ3v) is 5.03. The second-order valence-electron chi connectivity index (χ2n) is 7.34. The number of benzene rings is 4. The summed E-state index contributed by atoms with van der Waals surface area (Å²) in [5.41, 5.74) is 5.63. The van der Waals surface area contributed by atoms with Crippen LogP contribution in [0.2, 0.25) is 0 Å². The van der Waals surface area contributed by atoms with E-state index < -0.39 is 0 Å². The maximum atomic E-state index is 4.95. The summed E-state index contributed by atoms with van der Waals surface area (Å²) in [7, 11) is 0. The fourth-order valence-electron chi connectivity index (χ4n) is 3.25. The van der Waals surface area contributed by atoms with Gasteiger partial charge in [-0.3, -0.25) is 0 Å². The van der Waals surface area contributed by atoms with Gasteiger partial charge in [-0.1, -0.05) is 72.8 Å². The molecule has 0 atom stereocenters. The van der Waals surface area contributed by atoms with Gasteiger partial charge in [0, 0.05) is 0 Å². The van der Waals surface area contributed by atoms with Crippen LogP contribution in [-0.2, 0) is 0 Å². The van der Waals surface area contributed by atoms with Crippen molar-refractivity contribution in [3.05, 3.63) is 121 Å². The fraction of sp³-hybridized carbons (Fsp3) is 0.0714. The zero-order valence-electron chi connectivity index (χ0n) is 18.3. The second kappa shape index (κ2) is 10.2. The minimum atomic E-state index is 0.828. The van der Waals surface area contributed by atoms with Gasteiger partial charge < -0.3 is 0 Å². The van der Waals surface area contributed by atoms with Crippen molar-refractivity contribution < 1.29 is 0 Å². The first-order valence-corrected chi connectivity index (χ1v) is 10.6. The summed E-state index contributed by atoms with van der Waals surface area (Å²) in [5, 5.41) is 13.8. The molecule has 0 fully saturated rings. The first-order chi connectivity index (χ1) is 15.7. The smallest absolute Gasteiger partial charge is 0.0812 e. The van der Waals surface area contributed by atoms with Gasteiger partial charge in [-0.2, -0.15) is 10.2 Å². The largest absolute Gasteiger partial charge is 0.233 e. The van der Waals surface area contributed by atoms with E-state index in [1.54, 1.807) is 0 Å². The molecular formula is C28H26N4. The van der Waals surface area contributed by atoms with Crippen LogP contribution in [-0.4, -0.2) is 11.4 Å². The van der Waals surface area contributed by atoms with Crippen LogP contribution in [0.3, 0.4) is 0 Å². The standard InChI is InChI=1S/C28H26N4/c1-23(29-31(25-15-7-3-8-16-25)26-17-9-4-10-18-26)24(2)30-32(27-19-11-5-12-20-27)28-21-13-6-14-22-28/h3-22H,1-2H3/b29-23+,30-24+. The monoisotopic (exact) mass is 418 g/mol. The molecule has 0 amide bonds. The molecule has 0 aliphatic heterocycles. The molecule has 4 aromatic carbocycles. The van der Waals surface area contributed by atoms with E-state index in [4.69, 9.17) is 10.2 Å². The van der Waals surface area contributed by atoms with Crippen LogP contribution >= 0.6 is 0 Å². The van der Waals surface area contributed by atoms with Gasteiger partial charge in [0.25, 0.3) is 0 Å². The van der Waals surface area contributed by atoms with E-state index in [2.05, 4.69) is 48.5 Å². The number of hydrogen-bond acceptors (Lipinski definition) is 4. The minimum Gasteiger partial charge on any atom is -0.233 e. The molecule has 0 bridgehead atoms. The summed E-state index contributed by atoms with van der Waals surface area (Å²) in [6.45, 7) is 3.98. The molecule has 158 valence electrons. The number of hydrazone groups is 2. The molecule has 0 saturated heterocycles. The summed E-state index contributed by atoms with van der Waals surface area (Å²) in [5.74, 6) is 0. The average molecular weight is 419 g/mol. The van der Waals surface area contributed by atoms with E-state index in [1.165, 1.54) is 0 Å². The first-order valence-electron chi connectivity index (χ1n) is 10.6. The molecule has 0 radical (unpaired) electrons. The van der Waals surface area contributed by atoms with Crippen molar-refractivity contribution in [1.82, 2.24) is 0 Å². The maximum absolute atomic E-state index is 4.95. The van der Waals surface area contributed by atoms with Crippen molar-refractivity contribution in [2.45, 2.75) is 13.8 Å². The predicted octanol–water partition coefficient (Wildman–Crippen LogP) is 7.41. The van der Waals surface area contributed by atoms with Gasteiger partial charge in [-0.25, -0.2) is 10.0 Å². The SMILES string of the molecule is CC(=N\N(c1ccccc1)c1ccccc1)/C(C)=N/N(c1ccccc1)c1ccccc1. The molecule has 0 unspecified atom stereocenters. The normalized spacial score (nSPS) is 11.8. The van der Waals surface area contributed by atoms with Crippen LogP contribution in [0.4, 0.5) is 22.7 Å². The quantitative estimate of drug-likeness (QED) is 0.231. The predicted molar refractivity (Wildman–Crippen MR) is 136 cm³/mol. The van der Waals surface area contributed by atoms with Crippen LogP contribution in [0.25, 0.3) is 0 Å². The Bertz CT molecular complexity index is 995. The van der Waals surface area contributed by atoms with Gasteiger partial charge in [0.05, 0.1) is 34.2 Å². The Morgan fingerprint density at radius 2 is 0.625 bits per heavy atom. The summed E-state index contributed by atoms with van der Waals surface area (Å²) >= 11 is 0. The molecule has 0 heterocycles. The first kappa shape index (κ1) is 21.1. The molecule has 0 aliphatic carbocycles.